The van der Waals surface area contributed by atoms with E-state index in [1.807, 2.05) is 0 Å². The van der Waals surface area contributed by atoms with E-state index in [4.69, 9.17) is 4.74 Å². The van der Waals surface area contributed by atoms with Crippen molar-refractivity contribution < 1.29 is 13.2 Å². The quantitative estimate of drug-likeness (QED) is 0.718. The Hall–Kier alpha value is -0.800. The first-order valence-electron chi connectivity index (χ1n) is 10.2. The third-order valence-corrected chi connectivity index (χ3v) is 8.87. The van der Waals surface area contributed by atoms with E-state index < -0.39 is 10.0 Å². The summed E-state index contributed by atoms with van der Waals surface area (Å²) in [6.45, 7) is 6.37. The maximum atomic E-state index is 12.6. The number of sulfonamides is 1. The number of rotatable bonds is 7. The fourth-order valence-corrected chi connectivity index (χ4v) is 6.88. The van der Waals surface area contributed by atoms with E-state index in [0.717, 1.165) is 31.3 Å². The summed E-state index contributed by atoms with van der Waals surface area (Å²) in [4.78, 5) is 5.44. The summed E-state index contributed by atoms with van der Waals surface area (Å²) in [5.74, 6) is 4.66. The molecule has 0 saturated carbocycles. The van der Waals surface area contributed by atoms with Gasteiger partial charge in [-0.3, -0.25) is 4.90 Å². The van der Waals surface area contributed by atoms with E-state index in [1.54, 1.807) is 31.4 Å². The summed E-state index contributed by atoms with van der Waals surface area (Å²) < 4.78 is 33.2. The topological polar surface area (TPSA) is 61.9 Å². The van der Waals surface area contributed by atoms with Crippen LogP contribution in [0.3, 0.4) is 0 Å². The minimum Gasteiger partial charge on any atom is -0.497 e. The summed E-state index contributed by atoms with van der Waals surface area (Å²) in [6, 6.07) is 6.89. The molecule has 1 aromatic rings. The zero-order chi connectivity index (χ0) is 19.6. The van der Waals surface area contributed by atoms with Gasteiger partial charge < -0.3 is 9.64 Å². The van der Waals surface area contributed by atoms with Crippen molar-refractivity contribution in [3.63, 3.8) is 0 Å². The molecule has 1 aromatic carbocycles. The van der Waals surface area contributed by atoms with Crippen LogP contribution in [0.1, 0.15) is 12.8 Å². The molecule has 8 heteroatoms. The molecule has 0 spiro atoms. The molecule has 4 heterocycles. The highest BCUT2D eigenvalue weighted by atomic mass is 32.2. The molecule has 0 amide bonds. The van der Waals surface area contributed by atoms with Gasteiger partial charge in [-0.15, -0.1) is 0 Å². The van der Waals surface area contributed by atoms with Crippen molar-refractivity contribution in [3.8, 4) is 5.75 Å². The molecule has 156 valence electrons. The van der Waals surface area contributed by atoms with Gasteiger partial charge in [0.2, 0.25) is 10.0 Å². The largest absolute Gasteiger partial charge is 0.497 e. The fraction of sp³-hybridized carbons (Fsp3) is 0.700. The minimum absolute atomic E-state index is 0.296. The number of fused-ring (bicyclic) bond motifs is 3. The van der Waals surface area contributed by atoms with Gasteiger partial charge in [0.05, 0.1) is 12.0 Å². The van der Waals surface area contributed by atoms with Gasteiger partial charge in [-0.25, -0.2) is 13.1 Å². The average molecular weight is 426 g/mol. The number of ether oxygens (including phenoxy) is 1. The lowest BCUT2D eigenvalue weighted by atomic mass is 9.75. The Morgan fingerprint density at radius 3 is 2.57 bits per heavy atom. The van der Waals surface area contributed by atoms with Crippen molar-refractivity contribution >= 4 is 21.8 Å². The van der Waals surface area contributed by atoms with Crippen LogP contribution in [0.4, 0.5) is 0 Å². The highest BCUT2D eigenvalue weighted by Gasteiger charge is 2.40. The third-order valence-electron chi connectivity index (χ3n) is 6.49. The van der Waals surface area contributed by atoms with Crippen LogP contribution in [-0.4, -0.2) is 82.1 Å². The van der Waals surface area contributed by atoms with Crippen molar-refractivity contribution in [2.24, 2.45) is 11.8 Å². The number of hydrogen-bond acceptors (Lipinski definition) is 6. The lowest BCUT2D eigenvalue weighted by Gasteiger charge is -2.51. The highest BCUT2D eigenvalue weighted by Crippen LogP contribution is 2.36. The number of piperidine rings is 3. The summed E-state index contributed by atoms with van der Waals surface area (Å²) >= 11 is 2.06. The van der Waals surface area contributed by atoms with E-state index in [0.29, 0.717) is 23.2 Å². The summed E-state index contributed by atoms with van der Waals surface area (Å²) in [6.07, 6.45) is 2.37. The molecule has 4 fully saturated rings. The van der Waals surface area contributed by atoms with Gasteiger partial charge in [-0.1, -0.05) is 0 Å². The van der Waals surface area contributed by atoms with Gasteiger partial charge in [0, 0.05) is 50.3 Å². The number of hydrogen-bond donors (Lipinski definition) is 1. The molecule has 0 radical (unpaired) electrons. The minimum atomic E-state index is -3.48. The van der Waals surface area contributed by atoms with Crippen molar-refractivity contribution in [2.45, 2.75) is 23.8 Å². The Morgan fingerprint density at radius 2 is 1.93 bits per heavy atom. The second-order valence-corrected chi connectivity index (χ2v) is 11.1. The predicted octanol–water partition coefficient (Wildman–Crippen LogP) is 1.73. The highest BCUT2D eigenvalue weighted by molar-refractivity contribution is 7.99. The molecule has 28 heavy (non-hydrogen) atoms. The van der Waals surface area contributed by atoms with E-state index >= 15 is 0 Å². The number of thioether (sulfide) groups is 1. The lowest BCUT2D eigenvalue weighted by molar-refractivity contribution is -0.00914. The predicted molar refractivity (Wildman–Crippen MR) is 114 cm³/mol. The first-order valence-corrected chi connectivity index (χ1v) is 12.9. The Balaban J connectivity index is 1.31. The zero-order valence-corrected chi connectivity index (χ0v) is 18.2. The molecule has 4 aliphatic heterocycles. The van der Waals surface area contributed by atoms with Crippen LogP contribution in [0.2, 0.25) is 0 Å². The number of methoxy groups -OCH3 is 1. The number of nitrogens with zero attached hydrogens (tertiary/aromatic N) is 2. The molecule has 5 rings (SSSR count). The summed E-state index contributed by atoms with van der Waals surface area (Å²) in [5, 5.41) is 0. The van der Waals surface area contributed by atoms with E-state index in [-0.39, 0.29) is 0 Å². The normalized spacial score (nSPS) is 31.0. The van der Waals surface area contributed by atoms with Gasteiger partial charge >= 0.3 is 0 Å². The number of nitrogens with one attached hydrogen (secondary N) is 1. The molecule has 1 unspecified atom stereocenters. The smallest absolute Gasteiger partial charge is 0.240 e. The van der Waals surface area contributed by atoms with Crippen LogP contribution in [0.15, 0.2) is 29.2 Å². The maximum absolute atomic E-state index is 12.6. The zero-order valence-electron chi connectivity index (χ0n) is 16.5. The molecule has 4 atom stereocenters. The van der Waals surface area contributed by atoms with Crippen LogP contribution in [0.25, 0.3) is 0 Å². The maximum Gasteiger partial charge on any atom is 0.240 e. The van der Waals surface area contributed by atoms with Gasteiger partial charge in [-0.05, 0) is 55.5 Å². The second kappa shape index (κ2) is 8.92. The Bertz CT molecular complexity index is 750. The van der Waals surface area contributed by atoms with Crippen molar-refractivity contribution in [2.75, 3.05) is 57.9 Å². The lowest BCUT2D eigenvalue weighted by Crippen LogP contribution is -2.58. The molecule has 0 aromatic heterocycles. The molecule has 4 saturated heterocycles. The van der Waals surface area contributed by atoms with Gasteiger partial charge in [0.1, 0.15) is 5.75 Å². The molecule has 2 bridgehead atoms. The number of benzene rings is 1. The summed E-state index contributed by atoms with van der Waals surface area (Å²) in [5.41, 5.74) is 0. The van der Waals surface area contributed by atoms with Crippen molar-refractivity contribution in [1.82, 2.24) is 14.5 Å². The van der Waals surface area contributed by atoms with E-state index in [1.165, 1.54) is 37.6 Å². The molecule has 0 aliphatic carbocycles. The molecule has 6 nitrogen and oxygen atoms in total. The fourth-order valence-electron chi connectivity index (χ4n) is 4.83. The van der Waals surface area contributed by atoms with Crippen LogP contribution < -0.4 is 9.46 Å². The first-order chi connectivity index (χ1) is 13.5. The third kappa shape index (κ3) is 4.67. The molecular formula is C20H31N3O3S2. The van der Waals surface area contributed by atoms with Crippen LogP contribution in [-0.2, 0) is 10.0 Å². The SMILES string of the molecule is COc1ccc(S(=O)(=O)NC[C@H]2C[C@@H]3CCN2C[C@@H]3CN2CCSCC2)cc1. The van der Waals surface area contributed by atoms with Gasteiger partial charge in [-0.2, -0.15) is 11.8 Å². The first kappa shape index (κ1) is 20.5. The van der Waals surface area contributed by atoms with E-state index in [2.05, 4.69) is 26.3 Å². The van der Waals surface area contributed by atoms with Crippen molar-refractivity contribution in [3.05, 3.63) is 24.3 Å². The molecular weight excluding hydrogens is 394 g/mol. The Morgan fingerprint density at radius 1 is 1.18 bits per heavy atom. The molecule has 4 aliphatic rings. The van der Waals surface area contributed by atoms with E-state index in [9.17, 15) is 8.42 Å². The Kier molecular flexibility index (Phi) is 6.52. The van der Waals surface area contributed by atoms with Gasteiger partial charge in [0.25, 0.3) is 0 Å². The van der Waals surface area contributed by atoms with Crippen LogP contribution >= 0.6 is 11.8 Å². The van der Waals surface area contributed by atoms with Crippen LogP contribution in [0.5, 0.6) is 5.75 Å². The monoisotopic (exact) mass is 425 g/mol. The molecule has 1 N–H and O–H groups in total. The summed E-state index contributed by atoms with van der Waals surface area (Å²) in [7, 11) is -1.91. The van der Waals surface area contributed by atoms with Crippen LogP contribution in [0, 0.1) is 11.8 Å². The second-order valence-electron chi connectivity index (χ2n) is 8.13. The standard InChI is InChI=1S/C20H31N3O3S2/c1-26-19-2-4-20(5-3-19)28(24,25)21-13-18-12-16-6-7-23(18)15-17(16)14-22-8-10-27-11-9-22/h2-5,16-18,21H,6-15H2,1H3/t16-,17-,18+/m0/s1. The average Bonchev–Trinajstić information content (AvgIpc) is 2.74. The Labute approximate surface area is 173 Å². The van der Waals surface area contributed by atoms with Gasteiger partial charge in [0.15, 0.2) is 0 Å². The van der Waals surface area contributed by atoms with Crippen molar-refractivity contribution in [1.29, 1.82) is 0 Å².